The summed E-state index contributed by atoms with van der Waals surface area (Å²) in [5, 5.41) is 5.39. The van der Waals surface area contributed by atoms with Crippen molar-refractivity contribution in [3.05, 3.63) is 41.5 Å². The van der Waals surface area contributed by atoms with Crippen LogP contribution in [-0.4, -0.2) is 33.1 Å². The van der Waals surface area contributed by atoms with E-state index in [1.54, 1.807) is 18.2 Å². The minimum atomic E-state index is -0.453. The van der Waals surface area contributed by atoms with Crippen molar-refractivity contribution in [2.24, 2.45) is 0 Å². The van der Waals surface area contributed by atoms with E-state index in [2.05, 4.69) is 10.6 Å². The highest BCUT2D eigenvalue weighted by molar-refractivity contribution is 6.08. The van der Waals surface area contributed by atoms with Crippen LogP contribution in [0.4, 0.5) is 11.4 Å². The van der Waals surface area contributed by atoms with Gasteiger partial charge in [0.2, 0.25) is 17.6 Å². The van der Waals surface area contributed by atoms with E-state index in [-0.39, 0.29) is 6.42 Å². The summed E-state index contributed by atoms with van der Waals surface area (Å²) >= 11 is 0. The van der Waals surface area contributed by atoms with Crippen LogP contribution in [0, 0.1) is 13.8 Å². The van der Waals surface area contributed by atoms with Gasteiger partial charge in [-0.3, -0.25) is 9.59 Å². The second-order valence-electron chi connectivity index (χ2n) is 5.99. The number of carbonyl (C=O) groups excluding carboxylic acids is 2. The molecule has 2 rings (SSSR count). The lowest BCUT2D eigenvalue weighted by atomic mass is 10.1. The normalized spacial score (nSPS) is 10.1. The second-order valence-corrected chi connectivity index (χ2v) is 5.99. The van der Waals surface area contributed by atoms with E-state index in [1.807, 2.05) is 26.0 Å². The van der Waals surface area contributed by atoms with Gasteiger partial charge in [-0.15, -0.1) is 0 Å². The minimum absolute atomic E-state index is 0.316. The number of hydrogen-bond donors (Lipinski definition) is 2. The van der Waals surface area contributed by atoms with Crippen LogP contribution in [0.25, 0.3) is 0 Å². The summed E-state index contributed by atoms with van der Waals surface area (Å²) in [7, 11) is 4.47. The van der Waals surface area contributed by atoms with Crippen molar-refractivity contribution in [2.75, 3.05) is 32.0 Å². The Kier molecular flexibility index (Phi) is 6.65. The van der Waals surface area contributed by atoms with Gasteiger partial charge in [0.15, 0.2) is 11.5 Å². The van der Waals surface area contributed by atoms with Crippen LogP contribution in [0.15, 0.2) is 30.3 Å². The van der Waals surface area contributed by atoms with Crippen LogP contribution in [-0.2, 0) is 9.59 Å². The maximum absolute atomic E-state index is 12.2. The number of ether oxygens (including phenoxy) is 3. The van der Waals surface area contributed by atoms with Crippen molar-refractivity contribution in [3.8, 4) is 17.2 Å². The van der Waals surface area contributed by atoms with Crippen LogP contribution in [0.1, 0.15) is 17.5 Å². The maximum Gasteiger partial charge on any atom is 0.233 e. The molecular weight excluding hydrogens is 348 g/mol. The Morgan fingerprint density at radius 1 is 0.778 bits per heavy atom. The van der Waals surface area contributed by atoms with Gasteiger partial charge in [-0.1, -0.05) is 6.07 Å². The molecule has 0 bridgehead atoms. The molecule has 2 aromatic carbocycles. The van der Waals surface area contributed by atoms with Crippen molar-refractivity contribution in [1.29, 1.82) is 0 Å². The lowest BCUT2D eigenvalue weighted by Gasteiger charge is -2.14. The fourth-order valence-electron chi connectivity index (χ4n) is 2.53. The molecule has 0 saturated heterocycles. The summed E-state index contributed by atoms with van der Waals surface area (Å²) in [6.45, 7) is 3.95. The van der Waals surface area contributed by atoms with Crippen molar-refractivity contribution in [3.63, 3.8) is 0 Å². The summed E-state index contributed by atoms with van der Waals surface area (Å²) in [5.74, 6) is 0.387. The van der Waals surface area contributed by atoms with Gasteiger partial charge in [-0.25, -0.2) is 0 Å². The van der Waals surface area contributed by atoms with E-state index in [9.17, 15) is 9.59 Å². The molecule has 7 heteroatoms. The molecule has 2 amide bonds. The highest BCUT2D eigenvalue weighted by Crippen LogP contribution is 2.39. The Labute approximate surface area is 158 Å². The van der Waals surface area contributed by atoms with Crippen molar-refractivity contribution < 1.29 is 23.8 Å². The molecule has 2 N–H and O–H groups in total. The van der Waals surface area contributed by atoms with E-state index in [1.165, 1.54) is 21.3 Å². The van der Waals surface area contributed by atoms with Crippen molar-refractivity contribution >= 4 is 23.2 Å². The van der Waals surface area contributed by atoms with Gasteiger partial charge in [0.25, 0.3) is 0 Å². The molecule has 0 aliphatic carbocycles. The Morgan fingerprint density at radius 2 is 1.33 bits per heavy atom. The first-order chi connectivity index (χ1) is 12.9. The fraction of sp³-hybridized carbons (Fsp3) is 0.300. The molecule has 0 aliphatic rings. The molecule has 0 saturated carbocycles. The zero-order valence-corrected chi connectivity index (χ0v) is 16.1. The number of nitrogens with one attached hydrogen (secondary N) is 2. The van der Waals surface area contributed by atoms with E-state index < -0.39 is 11.8 Å². The SMILES string of the molecule is COc1cc(NC(=O)CC(=O)Nc2ccc(C)c(C)c2)cc(OC)c1OC. The number of hydrogen-bond acceptors (Lipinski definition) is 5. The first kappa shape index (κ1) is 20.1. The first-order valence-electron chi connectivity index (χ1n) is 8.35. The molecule has 7 nitrogen and oxygen atoms in total. The van der Waals surface area contributed by atoms with Crippen LogP contribution in [0.2, 0.25) is 0 Å². The number of amides is 2. The number of rotatable bonds is 7. The van der Waals surface area contributed by atoms with Crippen LogP contribution in [0.3, 0.4) is 0 Å². The first-order valence-corrected chi connectivity index (χ1v) is 8.35. The minimum Gasteiger partial charge on any atom is -0.493 e. The van der Waals surface area contributed by atoms with Gasteiger partial charge in [-0.05, 0) is 37.1 Å². The summed E-state index contributed by atoms with van der Waals surface area (Å²) in [5.41, 5.74) is 3.29. The number of benzene rings is 2. The Morgan fingerprint density at radius 3 is 1.81 bits per heavy atom. The van der Waals surface area contributed by atoms with Gasteiger partial charge in [0.05, 0.1) is 21.3 Å². The highest BCUT2D eigenvalue weighted by Gasteiger charge is 2.16. The second kappa shape index (κ2) is 8.93. The summed E-state index contributed by atoms with van der Waals surface area (Å²) in [6, 6.07) is 8.78. The number of aryl methyl sites for hydroxylation is 2. The molecular formula is C20H24N2O5. The van der Waals surface area contributed by atoms with Gasteiger partial charge in [0.1, 0.15) is 6.42 Å². The van der Waals surface area contributed by atoms with Gasteiger partial charge >= 0.3 is 0 Å². The maximum atomic E-state index is 12.2. The summed E-state index contributed by atoms with van der Waals surface area (Å²) < 4.78 is 15.7. The molecule has 27 heavy (non-hydrogen) atoms. The third-order valence-corrected chi connectivity index (χ3v) is 4.06. The molecule has 0 unspecified atom stereocenters. The monoisotopic (exact) mass is 372 g/mol. The molecule has 0 aromatic heterocycles. The lowest BCUT2D eigenvalue weighted by Crippen LogP contribution is -2.21. The zero-order valence-electron chi connectivity index (χ0n) is 16.1. The van der Waals surface area contributed by atoms with Gasteiger partial charge in [-0.2, -0.15) is 0 Å². The summed E-state index contributed by atoms with van der Waals surface area (Å²) in [6.07, 6.45) is -0.316. The van der Waals surface area contributed by atoms with Gasteiger partial charge < -0.3 is 24.8 Å². The molecule has 0 aliphatic heterocycles. The van der Waals surface area contributed by atoms with Crippen LogP contribution >= 0.6 is 0 Å². The Hall–Kier alpha value is -3.22. The van der Waals surface area contributed by atoms with Crippen molar-refractivity contribution in [2.45, 2.75) is 20.3 Å². The average molecular weight is 372 g/mol. The van der Waals surface area contributed by atoms with Crippen LogP contribution < -0.4 is 24.8 Å². The third kappa shape index (κ3) is 5.13. The fourth-order valence-corrected chi connectivity index (χ4v) is 2.53. The highest BCUT2D eigenvalue weighted by atomic mass is 16.5. The predicted molar refractivity (Wildman–Crippen MR) is 104 cm³/mol. The van der Waals surface area contributed by atoms with Crippen LogP contribution in [0.5, 0.6) is 17.2 Å². The van der Waals surface area contributed by atoms with E-state index in [0.717, 1.165) is 11.1 Å². The molecule has 0 radical (unpaired) electrons. The van der Waals surface area contributed by atoms with Crippen molar-refractivity contribution in [1.82, 2.24) is 0 Å². The molecule has 144 valence electrons. The lowest BCUT2D eigenvalue weighted by molar-refractivity contribution is -0.123. The van der Waals surface area contributed by atoms with E-state index in [0.29, 0.717) is 28.6 Å². The van der Waals surface area contributed by atoms with Gasteiger partial charge in [0, 0.05) is 23.5 Å². The molecule has 0 atom stereocenters. The summed E-state index contributed by atoms with van der Waals surface area (Å²) in [4.78, 5) is 24.3. The standard InChI is InChI=1S/C20H24N2O5/c1-12-6-7-14(8-13(12)2)21-18(23)11-19(24)22-15-9-16(25-3)20(27-5)17(10-15)26-4/h6-10H,11H2,1-5H3,(H,21,23)(H,22,24). The Bertz CT molecular complexity index is 823. The smallest absolute Gasteiger partial charge is 0.233 e. The molecule has 2 aromatic rings. The number of carbonyl (C=O) groups is 2. The Balaban J connectivity index is 2.04. The topological polar surface area (TPSA) is 85.9 Å². The quantitative estimate of drug-likeness (QED) is 0.729. The average Bonchev–Trinajstić information content (AvgIpc) is 2.63. The number of anilines is 2. The molecule has 0 heterocycles. The van der Waals surface area contributed by atoms with E-state index >= 15 is 0 Å². The molecule has 0 spiro atoms. The molecule has 0 fully saturated rings. The zero-order chi connectivity index (χ0) is 20.0. The largest absolute Gasteiger partial charge is 0.493 e. The number of methoxy groups -OCH3 is 3. The van der Waals surface area contributed by atoms with E-state index in [4.69, 9.17) is 14.2 Å². The predicted octanol–water partition coefficient (Wildman–Crippen LogP) is 3.30. The third-order valence-electron chi connectivity index (χ3n) is 4.06.